The molecule has 0 aliphatic carbocycles. The second-order valence-corrected chi connectivity index (χ2v) is 16.0. The van der Waals surface area contributed by atoms with Crippen LogP contribution in [0.25, 0.3) is 22.1 Å². The van der Waals surface area contributed by atoms with Gasteiger partial charge in [0.2, 0.25) is 0 Å². The van der Waals surface area contributed by atoms with Crippen LogP contribution < -0.4 is 50.8 Å². The number of aliphatic hydroxyl groups excluding tert-OH is 1. The topological polar surface area (TPSA) is 266 Å². The Balaban J connectivity index is 0.000000296. The smallest absolute Gasteiger partial charge is 0.870 e. The summed E-state index contributed by atoms with van der Waals surface area (Å²) < 4.78 is 48.5. The first kappa shape index (κ1) is 56.5. The molecule has 24 heteroatoms. The first-order chi connectivity index (χ1) is 32.8. The Labute approximate surface area is 423 Å². The van der Waals surface area contributed by atoms with Crippen molar-refractivity contribution in [1.82, 2.24) is 38.2 Å². The number of halogens is 4. The summed E-state index contributed by atoms with van der Waals surface area (Å²) in [7, 11) is 3.04. The summed E-state index contributed by atoms with van der Waals surface area (Å²) in [5, 5.41) is 10.7. The SMILES string of the molecule is Cn1c(=O)n(CCCO)c(=O)c2c(Cc3ccc(Cl)cc3)c(Oc3cncc(F)c3)cnc21.Cn1c(=O)n(CCCOC=O)c(=O)c2c(Cc3ccc(Cl)cc3)c(Oc3cncc(F)c3)cnc21.O.[Li+].[OH-]. The number of pyridine rings is 4. The fraction of sp³-hybridized carbons (Fsp3) is 0.213. The van der Waals surface area contributed by atoms with E-state index in [0.29, 0.717) is 27.6 Å². The van der Waals surface area contributed by atoms with Gasteiger partial charge in [-0.2, -0.15) is 0 Å². The summed E-state index contributed by atoms with van der Waals surface area (Å²) >= 11 is 12.0. The van der Waals surface area contributed by atoms with E-state index in [1.54, 1.807) is 36.4 Å². The van der Waals surface area contributed by atoms with Crippen LogP contribution in [-0.4, -0.2) is 73.9 Å². The fourth-order valence-electron chi connectivity index (χ4n) is 7.25. The van der Waals surface area contributed by atoms with Crippen LogP contribution in [0.1, 0.15) is 35.1 Å². The van der Waals surface area contributed by atoms with Crippen molar-refractivity contribution >= 4 is 51.7 Å². The molecule has 0 amide bonds. The molecule has 0 saturated heterocycles. The second kappa shape index (κ2) is 25.7. The molecule has 0 bridgehead atoms. The van der Waals surface area contributed by atoms with Gasteiger partial charge in [-0.3, -0.25) is 42.6 Å². The Kier molecular flexibility index (Phi) is 20.4. The first-order valence-corrected chi connectivity index (χ1v) is 21.5. The van der Waals surface area contributed by atoms with Gasteiger partial charge in [0.05, 0.1) is 54.6 Å². The number of rotatable bonds is 16. The zero-order valence-electron chi connectivity index (χ0n) is 38.2. The number of aliphatic hydroxyl groups is 1. The number of ether oxygens (including phenoxy) is 3. The van der Waals surface area contributed by atoms with Crippen LogP contribution in [0.4, 0.5) is 8.78 Å². The van der Waals surface area contributed by atoms with Gasteiger partial charge in [-0.15, -0.1) is 0 Å². The van der Waals surface area contributed by atoms with Gasteiger partial charge in [0, 0.05) is 79.9 Å². The van der Waals surface area contributed by atoms with Gasteiger partial charge in [-0.1, -0.05) is 47.5 Å². The molecule has 0 fully saturated rings. The van der Waals surface area contributed by atoms with Crippen LogP contribution in [0, 0.1) is 11.6 Å². The number of carbonyl (C=O) groups is 1. The summed E-state index contributed by atoms with van der Waals surface area (Å²) in [6.45, 7) is 0.286. The van der Waals surface area contributed by atoms with Crippen LogP contribution in [0.15, 0.2) is 117 Å². The zero-order chi connectivity index (χ0) is 48.5. The number of aromatic nitrogens is 8. The molecule has 0 radical (unpaired) electrons. The molecule has 6 aromatic heterocycles. The van der Waals surface area contributed by atoms with Crippen LogP contribution >= 0.6 is 23.2 Å². The third-order valence-corrected chi connectivity index (χ3v) is 11.0. The van der Waals surface area contributed by atoms with E-state index in [0.717, 1.165) is 38.7 Å². The van der Waals surface area contributed by atoms with E-state index in [1.807, 2.05) is 12.1 Å². The van der Waals surface area contributed by atoms with E-state index in [2.05, 4.69) is 24.7 Å². The van der Waals surface area contributed by atoms with Gasteiger partial charge in [-0.05, 0) is 48.2 Å². The quantitative estimate of drug-likeness (QED) is 0.0827. The van der Waals surface area contributed by atoms with E-state index in [4.69, 9.17) is 32.7 Å². The molecule has 0 aliphatic heterocycles. The average Bonchev–Trinajstić information content (AvgIpc) is 3.32. The van der Waals surface area contributed by atoms with Gasteiger partial charge in [-0.25, -0.2) is 28.3 Å². The van der Waals surface area contributed by atoms with Crippen molar-refractivity contribution < 1.29 is 62.7 Å². The maximum absolute atomic E-state index is 13.7. The summed E-state index contributed by atoms with van der Waals surface area (Å²) in [6.07, 6.45) is 8.59. The molecule has 2 aromatic carbocycles. The molecule has 6 heterocycles. The number of carbonyl (C=O) groups excluding carboxylic acids is 1. The van der Waals surface area contributed by atoms with Crippen LogP contribution in [0.5, 0.6) is 23.0 Å². The Bertz CT molecular complexity index is 3400. The molecule has 366 valence electrons. The largest absolute Gasteiger partial charge is 1.00 e. The summed E-state index contributed by atoms with van der Waals surface area (Å²) in [5.74, 6) is -0.452. The molecule has 0 atom stereocenters. The molecular formula is C47H43Cl2F2LiN8O11. The maximum atomic E-state index is 13.7. The third-order valence-electron chi connectivity index (χ3n) is 10.5. The van der Waals surface area contributed by atoms with Gasteiger partial charge in [0.25, 0.3) is 17.6 Å². The van der Waals surface area contributed by atoms with Gasteiger partial charge in [0.15, 0.2) is 0 Å². The molecule has 0 spiro atoms. The molecular weight excluding hydrogens is 968 g/mol. The van der Waals surface area contributed by atoms with Gasteiger partial charge in [0.1, 0.15) is 45.9 Å². The minimum absolute atomic E-state index is 0. The number of aryl methyl sites for hydroxylation is 2. The standard InChI is InChI=1S/C24H20ClFN4O5.C23H20ClFN4O4.Li.2H2O/c1-29-22-21(23(32)30(24(29)33)7-2-8-34-14-31)19(9-15-3-5-16(25)6-4-15)20(13-28-22)35-18-10-17(26)11-27-12-18;1-28-21-20(22(31)29(23(28)32)7-2-8-30)18(9-14-3-5-15(24)6-4-14)19(13-27-21)33-17-10-16(25)11-26-12-17;;;/h3-6,10-14H,2,7-9H2,1H3;3-6,10-13,30H,2,7-9H2,1H3;;2*1H2/q;;+1;;/p-1. The number of hydrogen-bond acceptors (Lipinski definition) is 14. The molecule has 0 saturated carbocycles. The van der Waals surface area contributed by atoms with Crippen LogP contribution in [-0.2, 0) is 49.6 Å². The van der Waals surface area contributed by atoms with Gasteiger partial charge >= 0.3 is 30.2 Å². The molecule has 8 rings (SSSR count). The molecule has 19 nitrogen and oxygen atoms in total. The van der Waals surface area contributed by atoms with Crippen molar-refractivity contribution in [1.29, 1.82) is 0 Å². The summed E-state index contributed by atoms with van der Waals surface area (Å²) in [5.41, 5.74) is 0.773. The van der Waals surface area contributed by atoms with Crippen molar-refractivity contribution in [2.24, 2.45) is 14.1 Å². The number of nitrogens with zero attached hydrogens (tertiary/aromatic N) is 8. The van der Waals surface area contributed by atoms with Crippen LogP contribution in [0.3, 0.4) is 0 Å². The maximum Gasteiger partial charge on any atom is 1.00 e. The number of hydrogen-bond donors (Lipinski definition) is 1. The first-order valence-electron chi connectivity index (χ1n) is 20.7. The molecule has 8 aromatic rings. The minimum atomic E-state index is -0.585. The normalized spacial score (nSPS) is 10.6. The van der Waals surface area contributed by atoms with Crippen molar-refractivity contribution in [3.63, 3.8) is 0 Å². The second-order valence-electron chi connectivity index (χ2n) is 15.1. The average molecular weight is 1010 g/mol. The Morgan fingerprint density at radius 3 is 1.44 bits per heavy atom. The predicted octanol–water partition coefficient (Wildman–Crippen LogP) is 2.28. The Morgan fingerprint density at radius 1 is 0.648 bits per heavy atom. The Hall–Kier alpha value is -7.09. The number of benzene rings is 2. The number of fused-ring (bicyclic) bond motifs is 2. The zero-order valence-corrected chi connectivity index (χ0v) is 39.7. The van der Waals surface area contributed by atoms with E-state index >= 15 is 0 Å². The van der Waals surface area contributed by atoms with E-state index in [9.17, 15) is 37.9 Å². The van der Waals surface area contributed by atoms with Crippen molar-refractivity contribution in [2.75, 3.05) is 13.2 Å². The van der Waals surface area contributed by atoms with Crippen molar-refractivity contribution in [2.45, 2.75) is 38.8 Å². The molecule has 71 heavy (non-hydrogen) atoms. The minimum Gasteiger partial charge on any atom is -0.870 e. The van der Waals surface area contributed by atoms with E-state index < -0.39 is 34.1 Å². The van der Waals surface area contributed by atoms with E-state index in [-0.39, 0.29) is 127 Å². The van der Waals surface area contributed by atoms with Crippen molar-refractivity contribution in [3.8, 4) is 23.0 Å². The third kappa shape index (κ3) is 13.2. The predicted molar refractivity (Wildman–Crippen MR) is 253 cm³/mol. The molecule has 0 aliphatic rings. The summed E-state index contributed by atoms with van der Waals surface area (Å²) in [4.78, 5) is 79.1. The summed E-state index contributed by atoms with van der Waals surface area (Å²) in [6, 6.07) is 16.5. The Morgan fingerprint density at radius 2 is 1.06 bits per heavy atom. The fourth-order valence-corrected chi connectivity index (χ4v) is 7.51. The monoisotopic (exact) mass is 1010 g/mol. The van der Waals surface area contributed by atoms with Gasteiger partial charge < -0.3 is 30.3 Å². The van der Waals surface area contributed by atoms with E-state index in [1.165, 1.54) is 54.1 Å². The molecule has 4 N–H and O–H groups in total. The van der Waals surface area contributed by atoms with Crippen LogP contribution in [0.2, 0.25) is 10.0 Å². The van der Waals surface area contributed by atoms with Crippen molar-refractivity contribution in [3.05, 3.63) is 183 Å². The molecule has 0 unspecified atom stereocenters.